The van der Waals surface area contributed by atoms with Gasteiger partial charge in [0.15, 0.2) is 0 Å². The Hall–Kier alpha value is -3.68. The molecule has 0 aliphatic rings. The van der Waals surface area contributed by atoms with Crippen LogP contribution in [0.5, 0.6) is 0 Å². The summed E-state index contributed by atoms with van der Waals surface area (Å²) in [7, 11) is 3.25. The highest BCUT2D eigenvalue weighted by atomic mass is 16.2. The van der Waals surface area contributed by atoms with Gasteiger partial charge >= 0.3 is 0 Å². The van der Waals surface area contributed by atoms with Crippen LogP contribution in [0.1, 0.15) is 68.9 Å². The molecule has 37 heavy (non-hydrogen) atoms. The Labute approximate surface area is 220 Å². The van der Waals surface area contributed by atoms with Gasteiger partial charge in [-0.2, -0.15) is 0 Å². The van der Waals surface area contributed by atoms with Crippen LogP contribution in [0, 0.1) is 0 Å². The van der Waals surface area contributed by atoms with Gasteiger partial charge in [0.2, 0.25) is 23.6 Å². The van der Waals surface area contributed by atoms with Crippen LogP contribution in [0.2, 0.25) is 0 Å². The van der Waals surface area contributed by atoms with E-state index in [2.05, 4.69) is 21.3 Å². The largest absolute Gasteiger partial charge is 0.359 e. The first-order valence-corrected chi connectivity index (χ1v) is 13.1. The highest BCUT2D eigenvalue weighted by molar-refractivity contribution is 5.91. The molecule has 0 atom stereocenters. The van der Waals surface area contributed by atoms with E-state index in [1.807, 2.05) is 48.5 Å². The van der Waals surface area contributed by atoms with Gasteiger partial charge in [-0.25, -0.2) is 0 Å². The number of amides is 4. The molecule has 0 aliphatic heterocycles. The second kappa shape index (κ2) is 16.9. The number of rotatable bonds is 16. The molecule has 0 fully saturated rings. The minimum Gasteiger partial charge on any atom is -0.359 e. The van der Waals surface area contributed by atoms with E-state index in [0.717, 1.165) is 54.6 Å². The Morgan fingerprint density at radius 3 is 1.19 bits per heavy atom. The second-order valence-electron chi connectivity index (χ2n) is 9.10. The van der Waals surface area contributed by atoms with Crippen molar-refractivity contribution < 1.29 is 19.2 Å². The number of aryl methyl sites for hydroxylation is 2. The average Bonchev–Trinajstić information content (AvgIpc) is 2.91. The molecule has 8 nitrogen and oxygen atoms in total. The van der Waals surface area contributed by atoms with Gasteiger partial charge in [0.05, 0.1) is 0 Å². The number of hydrogen-bond acceptors (Lipinski definition) is 4. The average molecular weight is 509 g/mol. The third kappa shape index (κ3) is 12.7. The van der Waals surface area contributed by atoms with Gasteiger partial charge in [-0.1, -0.05) is 43.5 Å². The van der Waals surface area contributed by atoms with Crippen LogP contribution in [-0.2, 0) is 32.0 Å². The van der Waals surface area contributed by atoms with Crippen molar-refractivity contribution in [2.75, 3.05) is 24.7 Å². The smallest absolute Gasteiger partial charge is 0.224 e. The Kier molecular flexibility index (Phi) is 13.5. The van der Waals surface area contributed by atoms with Crippen molar-refractivity contribution in [3.8, 4) is 0 Å². The van der Waals surface area contributed by atoms with Gasteiger partial charge in [-0.3, -0.25) is 19.2 Å². The van der Waals surface area contributed by atoms with Crippen molar-refractivity contribution in [2.45, 2.75) is 70.6 Å². The molecule has 0 aliphatic carbocycles. The van der Waals surface area contributed by atoms with Gasteiger partial charge in [-0.15, -0.1) is 0 Å². The number of benzene rings is 2. The van der Waals surface area contributed by atoms with Crippen molar-refractivity contribution in [3.05, 3.63) is 59.7 Å². The zero-order valence-electron chi connectivity index (χ0n) is 22.0. The lowest BCUT2D eigenvalue weighted by Crippen LogP contribution is -2.17. The Morgan fingerprint density at radius 2 is 0.838 bits per heavy atom. The third-order valence-electron chi connectivity index (χ3n) is 6.12. The molecule has 4 amide bonds. The van der Waals surface area contributed by atoms with Crippen molar-refractivity contribution >= 4 is 35.0 Å². The molecule has 0 bridgehead atoms. The highest BCUT2D eigenvalue weighted by Crippen LogP contribution is 2.14. The molecule has 200 valence electrons. The maximum Gasteiger partial charge on any atom is 0.224 e. The van der Waals surface area contributed by atoms with E-state index in [1.54, 1.807) is 14.1 Å². The van der Waals surface area contributed by atoms with Crippen molar-refractivity contribution in [1.82, 2.24) is 10.6 Å². The Morgan fingerprint density at radius 1 is 0.486 bits per heavy atom. The number of hydrogen-bond donors (Lipinski definition) is 4. The summed E-state index contributed by atoms with van der Waals surface area (Å²) >= 11 is 0. The maximum absolute atomic E-state index is 12.2. The summed E-state index contributed by atoms with van der Waals surface area (Å²) in [6.45, 7) is 0. The van der Waals surface area contributed by atoms with Gasteiger partial charge in [0, 0.05) is 51.2 Å². The van der Waals surface area contributed by atoms with Gasteiger partial charge in [0.1, 0.15) is 0 Å². The molecule has 4 N–H and O–H groups in total. The summed E-state index contributed by atoms with van der Waals surface area (Å²) in [6, 6.07) is 15.2. The predicted molar refractivity (Wildman–Crippen MR) is 147 cm³/mol. The van der Waals surface area contributed by atoms with E-state index < -0.39 is 0 Å². The summed E-state index contributed by atoms with van der Waals surface area (Å²) in [4.78, 5) is 47.0. The summed E-state index contributed by atoms with van der Waals surface area (Å²) < 4.78 is 0. The van der Waals surface area contributed by atoms with Crippen LogP contribution in [0.15, 0.2) is 48.5 Å². The predicted octanol–water partition coefficient (Wildman–Crippen LogP) is 4.35. The zero-order valence-corrected chi connectivity index (χ0v) is 22.0. The fraction of sp³-hybridized carbons (Fsp3) is 0.448. The third-order valence-corrected chi connectivity index (χ3v) is 6.12. The summed E-state index contributed by atoms with van der Waals surface area (Å²) in [5.41, 5.74) is 3.64. The normalized spacial score (nSPS) is 10.4. The first-order chi connectivity index (χ1) is 17.9. The first kappa shape index (κ1) is 29.5. The lowest BCUT2D eigenvalue weighted by atomic mass is 10.1. The number of carbonyl (C=O) groups excluding carboxylic acids is 4. The first-order valence-electron chi connectivity index (χ1n) is 13.1. The maximum atomic E-state index is 12.2. The van der Waals surface area contributed by atoms with E-state index in [0.29, 0.717) is 38.5 Å². The topological polar surface area (TPSA) is 116 Å². The lowest BCUT2D eigenvalue weighted by molar-refractivity contribution is -0.121. The summed E-state index contributed by atoms with van der Waals surface area (Å²) in [5, 5.41) is 11.0. The fourth-order valence-electron chi connectivity index (χ4n) is 3.82. The molecular formula is C29H40N4O4. The summed E-state index contributed by atoms with van der Waals surface area (Å²) in [6.07, 6.45) is 7.69. The molecule has 0 saturated carbocycles. The van der Waals surface area contributed by atoms with Gasteiger partial charge < -0.3 is 21.3 Å². The van der Waals surface area contributed by atoms with Crippen LogP contribution in [-0.4, -0.2) is 37.7 Å². The number of carbonyl (C=O) groups is 4. The van der Waals surface area contributed by atoms with E-state index in [9.17, 15) is 19.2 Å². The molecule has 0 saturated heterocycles. The SMILES string of the molecule is CNC(=O)CCc1ccc(NC(=O)CCCCCCCC(=O)Nc2ccc(CCC(=O)NC)cc2)cc1. The van der Waals surface area contributed by atoms with Crippen LogP contribution in [0.25, 0.3) is 0 Å². The molecule has 2 rings (SSSR count). The molecule has 0 unspecified atom stereocenters. The van der Waals surface area contributed by atoms with Crippen LogP contribution in [0.4, 0.5) is 11.4 Å². The van der Waals surface area contributed by atoms with E-state index in [1.165, 1.54) is 0 Å². The fourth-order valence-corrected chi connectivity index (χ4v) is 3.82. The Balaban J connectivity index is 1.52. The van der Waals surface area contributed by atoms with Crippen LogP contribution < -0.4 is 21.3 Å². The molecule has 2 aromatic rings. The molecule has 2 aromatic carbocycles. The van der Waals surface area contributed by atoms with E-state index in [-0.39, 0.29) is 23.6 Å². The van der Waals surface area contributed by atoms with Gasteiger partial charge in [0.25, 0.3) is 0 Å². The molecule has 8 heteroatoms. The minimum atomic E-state index is -0.00265. The summed E-state index contributed by atoms with van der Waals surface area (Å²) in [5.74, 6) is 0.0204. The molecule has 0 aromatic heterocycles. The van der Waals surface area contributed by atoms with Crippen molar-refractivity contribution in [3.63, 3.8) is 0 Å². The van der Waals surface area contributed by atoms with Gasteiger partial charge in [-0.05, 0) is 61.1 Å². The standard InChI is InChI=1S/C29H40N4O4/c1-30-26(34)20-14-22-10-16-24(17-11-22)32-28(36)8-6-4-3-5-7-9-29(37)33-25-18-12-23(13-19-25)15-21-27(35)31-2/h10-13,16-19H,3-9,14-15,20-21H2,1-2H3,(H,30,34)(H,31,35)(H,32,36)(H,33,37). The molecule has 0 spiro atoms. The van der Waals surface area contributed by atoms with E-state index in [4.69, 9.17) is 0 Å². The molecule has 0 heterocycles. The number of unbranched alkanes of at least 4 members (excludes halogenated alkanes) is 4. The highest BCUT2D eigenvalue weighted by Gasteiger charge is 2.06. The monoisotopic (exact) mass is 508 g/mol. The number of anilines is 2. The van der Waals surface area contributed by atoms with Crippen LogP contribution >= 0.6 is 0 Å². The van der Waals surface area contributed by atoms with Crippen molar-refractivity contribution in [2.24, 2.45) is 0 Å². The quantitative estimate of drug-likeness (QED) is 0.252. The molecule has 0 radical (unpaired) electrons. The number of nitrogens with one attached hydrogen (secondary N) is 4. The van der Waals surface area contributed by atoms with E-state index >= 15 is 0 Å². The van der Waals surface area contributed by atoms with Crippen molar-refractivity contribution in [1.29, 1.82) is 0 Å². The lowest BCUT2D eigenvalue weighted by Gasteiger charge is -2.08. The Bertz CT molecular complexity index is 922. The second-order valence-corrected chi connectivity index (χ2v) is 9.10. The minimum absolute atomic E-state index is 0.00265. The zero-order chi connectivity index (χ0) is 26.9. The van der Waals surface area contributed by atoms with Crippen LogP contribution in [0.3, 0.4) is 0 Å². The molecular weight excluding hydrogens is 468 g/mol.